The SMILES string of the molecule is Cc1cc(C#Cc2ccc(F)cc2)cnc1NC(=O)c1c(Cl)cnn1C1CCN(C(=O)CC(C)C)C1. The fourth-order valence-corrected chi connectivity index (χ4v) is 4.31. The van der Waals surface area contributed by atoms with Crippen LogP contribution in [0.25, 0.3) is 0 Å². The first kappa shape index (κ1) is 25.4. The minimum absolute atomic E-state index is 0.110. The fourth-order valence-electron chi connectivity index (χ4n) is 4.10. The van der Waals surface area contributed by atoms with Gasteiger partial charge in [-0.1, -0.05) is 37.3 Å². The molecule has 1 aliphatic heterocycles. The number of carbonyl (C=O) groups is 2. The Morgan fingerprint density at radius 3 is 2.61 bits per heavy atom. The molecule has 2 aromatic heterocycles. The monoisotopic (exact) mass is 507 g/mol. The van der Waals surface area contributed by atoms with E-state index >= 15 is 0 Å². The lowest BCUT2D eigenvalue weighted by Gasteiger charge is -2.19. The summed E-state index contributed by atoms with van der Waals surface area (Å²) in [5.41, 5.74) is 2.31. The number of aryl methyl sites for hydroxylation is 1. The molecule has 1 saturated heterocycles. The van der Waals surface area contributed by atoms with E-state index in [0.29, 0.717) is 42.9 Å². The lowest BCUT2D eigenvalue weighted by molar-refractivity contribution is -0.131. The Balaban J connectivity index is 1.46. The number of carbonyl (C=O) groups excluding carboxylic acids is 2. The summed E-state index contributed by atoms with van der Waals surface area (Å²) < 4.78 is 14.7. The number of likely N-dealkylation sites (tertiary alicyclic amines) is 1. The van der Waals surface area contributed by atoms with E-state index in [1.165, 1.54) is 18.3 Å². The molecule has 1 aromatic carbocycles. The van der Waals surface area contributed by atoms with Gasteiger partial charge in [0.05, 0.1) is 17.3 Å². The number of amides is 2. The first-order chi connectivity index (χ1) is 17.2. The maximum atomic E-state index is 13.2. The van der Waals surface area contributed by atoms with Crippen LogP contribution >= 0.6 is 11.6 Å². The molecule has 186 valence electrons. The number of nitrogens with zero attached hydrogens (tertiary/aromatic N) is 4. The van der Waals surface area contributed by atoms with Gasteiger partial charge in [-0.15, -0.1) is 0 Å². The Kier molecular flexibility index (Phi) is 7.70. The first-order valence-electron chi connectivity index (χ1n) is 11.8. The average Bonchev–Trinajstić information content (AvgIpc) is 3.47. The summed E-state index contributed by atoms with van der Waals surface area (Å²) in [6, 6.07) is 7.60. The molecule has 0 aliphatic carbocycles. The second-order valence-electron chi connectivity index (χ2n) is 9.27. The fraction of sp³-hybridized carbons (Fsp3) is 0.333. The van der Waals surface area contributed by atoms with Crippen molar-refractivity contribution in [2.75, 3.05) is 18.4 Å². The smallest absolute Gasteiger partial charge is 0.276 e. The number of hydrogen-bond acceptors (Lipinski definition) is 4. The summed E-state index contributed by atoms with van der Waals surface area (Å²) in [4.78, 5) is 31.8. The number of rotatable bonds is 5. The van der Waals surface area contributed by atoms with E-state index in [4.69, 9.17) is 11.6 Å². The van der Waals surface area contributed by atoms with E-state index in [9.17, 15) is 14.0 Å². The van der Waals surface area contributed by atoms with Crippen molar-refractivity contribution in [2.45, 2.75) is 39.7 Å². The van der Waals surface area contributed by atoms with Crippen LogP contribution in [0.2, 0.25) is 5.02 Å². The van der Waals surface area contributed by atoms with E-state index in [-0.39, 0.29) is 34.4 Å². The zero-order valence-corrected chi connectivity index (χ0v) is 21.1. The molecule has 3 aromatic rings. The number of nitrogens with one attached hydrogen (secondary N) is 1. The zero-order chi connectivity index (χ0) is 25.8. The predicted octanol–water partition coefficient (Wildman–Crippen LogP) is 4.85. The van der Waals surface area contributed by atoms with Crippen LogP contribution in [0.4, 0.5) is 10.2 Å². The van der Waals surface area contributed by atoms with Crippen LogP contribution in [0.3, 0.4) is 0 Å². The first-order valence-corrected chi connectivity index (χ1v) is 12.2. The number of halogens is 2. The van der Waals surface area contributed by atoms with Crippen molar-refractivity contribution in [3.05, 3.63) is 75.9 Å². The van der Waals surface area contributed by atoms with Gasteiger partial charge < -0.3 is 10.2 Å². The molecule has 0 bridgehead atoms. The highest BCUT2D eigenvalue weighted by Gasteiger charge is 2.31. The van der Waals surface area contributed by atoms with Gasteiger partial charge in [-0.05, 0) is 55.2 Å². The van der Waals surface area contributed by atoms with Gasteiger partial charge in [-0.25, -0.2) is 9.37 Å². The maximum Gasteiger partial charge on any atom is 0.276 e. The van der Waals surface area contributed by atoms with Crippen LogP contribution < -0.4 is 5.32 Å². The van der Waals surface area contributed by atoms with Gasteiger partial charge in [0.1, 0.15) is 17.3 Å². The van der Waals surface area contributed by atoms with E-state index in [1.807, 2.05) is 31.7 Å². The Bertz CT molecular complexity index is 1340. The van der Waals surface area contributed by atoms with Crippen molar-refractivity contribution in [2.24, 2.45) is 5.92 Å². The van der Waals surface area contributed by atoms with Gasteiger partial charge in [0.15, 0.2) is 0 Å². The molecule has 1 aliphatic rings. The van der Waals surface area contributed by atoms with E-state index in [2.05, 4.69) is 27.2 Å². The van der Waals surface area contributed by atoms with Gasteiger partial charge in [-0.3, -0.25) is 14.3 Å². The summed E-state index contributed by atoms with van der Waals surface area (Å²) in [5.74, 6) is 6.00. The lowest BCUT2D eigenvalue weighted by Crippen LogP contribution is -2.30. The van der Waals surface area contributed by atoms with Crippen molar-refractivity contribution >= 4 is 29.2 Å². The van der Waals surface area contributed by atoms with E-state index in [1.54, 1.807) is 23.0 Å². The summed E-state index contributed by atoms with van der Waals surface area (Å²) in [6.45, 7) is 6.96. The van der Waals surface area contributed by atoms with Crippen LogP contribution in [0.1, 0.15) is 59.9 Å². The maximum absolute atomic E-state index is 13.2. The summed E-state index contributed by atoms with van der Waals surface area (Å²) in [5, 5.41) is 7.39. The summed E-state index contributed by atoms with van der Waals surface area (Å²) in [6.07, 6.45) is 4.20. The molecule has 0 radical (unpaired) electrons. The second kappa shape index (κ2) is 10.9. The van der Waals surface area contributed by atoms with Crippen molar-refractivity contribution in [3.8, 4) is 11.8 Å². The van der Waals surface area contributed by atoms with Gasteiger partial charge in [0.2, 0.25) is 5.91 Å². The standard InChI is InChI=1S/C27H27ClFN5O2/c1-17(2)12-24(35)33-11-10-22(16-33)34-25(23(28)15-31-34)27(36)32-26-18(3)13-20(14-30-26)5-4-19-6-8-21(29)9-7-19/h6-9,13-15,17,22H,10-12,16H2,1-3H3,(H,30,32,36). The molecule has 1 fully saturated rings. The quantitative estimate of drug-likeness (QED) is 0.501. The topological polar surface area (TPSA) is 80.1 Å². The van der Waals surface area contributed by atoms with Crippen molar-refractivity contribution in [1.82, 2.24) is 19.7 Å². The third-order valence-corrected chi connectivity index (χ3v) is 6.19. The second-order valence-corrected chi connectivity index (χ2v) is 9.67. The molecule has 36 heavy (non-hydrogen) atoms. The molecular formula is C27H27ClFN5O2. The number of hydrogen-bond donors (Lipinski definition) is 1. The van der Waals surface area contributed by atoms with Gasteiger partial charge in [-0.2, -0.15) is 5.10 Å². The highest BCUT2D eigenvalue weighted by atomic mass is 35.5. The molecule has 0 spiro atoms. The molecular weight excluding hydrogens is 481 g/mol. The third kappa shape index (κ3) is 5.92. The molecule has 9 heteroatoms. The Labute approximate surface area is 214 Å². The molecule has 0 saturated carbocycles. The Morgan fingerprint density at radius 1 is 1.19 bits per heavy atom. The van der Waals surface area contributed by atoms with Crippen LogP contribution in [0.15, 0.2) is 42.7 Å². The van der Waals surface area contributed by atoms with Crippen molar-refractivity contribution < 1.29 is 14.0 Å². The minimum Gasteiger partial charge on any atom is -0.340 e. The van der Waals surface area contributed by atoms with Crippen molar-refractivity contribution in [1.29, 1.82) is 0 Å². The van der Waals surface area contributed by atoms with Crippen LogP contribution in [0, 0.1) is 30.5 Å². The van der Waals surface area contributed by atoms with Gasteiger partial charge in [0, 0.05) is 36.8 Å². The van der Waals surface area contributed by atoms with E-state index < -0.39 is 5.91 Å². The number of benzene rings is 1. The predicted molar refractivity (Wildman–Crippen MR) is 136 cm³/mol. The lowest BCUT2D eigenvalue weighted by atomic mass is 10.1. The Morgan fingerprint density at radius 2 is 1.92 bits per heavy atom. The molecule has 1 N–H and O–H groups in total. The van der Waals surface area contributed by atoms with Gasteiger partial charge in [0.25, 0.3) is 5.91 Å². The minimum atomic E-state index is -0.426. The van der Waals surface area contributed by atoms with Gasteiger partial charge >= 0.3 is 0 Å². The normalized spacial score (nSPS) is 15.1. The van der Waals surface area contributed by atoms with Crippen LogP contribution in [0.5, 0.6) is 0 Å². The van der Waals surface area contributed by atoms with Crippen molar-refractivity contribution in [3.63, 3.8) is 0 Å². The highest BCUT2D eigenvalue weighted by Crippen LogP contribution is 2.28. The molecule has 1 unspecified atom stereocenters. The Hall–Kier alpha value is -3.70. The van der Waals surface area contributed by atoms with Crippen LogP contribution in [-0.2, 0) is 4.79 Å². The van der Waals surface area contributed by atoms with Crippen LogP contribution in [-0.4, -0.2) is 44.6 Å². The number of aromatic nitrogens is 3. The molecule has 7 nitrogen and oxygen atoms in total. The summed E-state index contributed by atoms with van der Waals surface area (Å²) in [7, 11) is 0. The molecule has 1 atom stereocenters. The molecule has 2 amide bonds. The number of anilines is 1. The summed E-state index contributed by atoms with van der Waals surface area (Å²) >= 11 is 6.34. The molecule has 3 heterocycles. The molecule has 4 rings (SSSR count). The highest BCUT2D eigenvalue weighted by molar-refractivity contribution is 6.34. The average molecular weight is 508 g/mol. The third-order valence-electron chi connectivity index (χ3n) is 5.92. The number of pyridine rings is 1. The zero-order valence-electron chi connectivity index (χ0n) is 20.4. The van der Waals surface area contributed by atoms with E-state index in [0.717, 1.165) is 5.56 Å². The largest absolute Gasteiger partial charge is 0.340 e.